The van der Waals surface area contributed by atoms with Gasteiger partial charge in [-0.25, -0.2) is 30.4 Å². The van der Waals surface area contributed by atoms with E-state index in [1.165, 1.54) is 60.7 Å². The smallest absolute Gasteiger partial charge is 0.744 e. The van der Waals surface area contributed by atoms with Crippen molar-refractivity contribution < 1.29 is 226 Å². The van der Waals surface area contributed by atoms with Gasteiger partial charge in [0.15, 0.2) is 5.75 Å². The van der Waals surface area contributed by atoms with E-state index in [0.29, 0.717) is 33.5 Å². The van der Waals surface area contributed by atoms with Crippen LogP contribution >= 0.6 is 0 Å². The van der Waals surface area contributed by atoms with Crippen LogP contribution < -0.4 is 188 Å². The van der Waals surface area contributed by atoms with Gasteiger partial charge in [0.2, 0.25) is 0 Å². The molecule has 75 heavy (non-hydrogen) atoms. The summed E-state index contributed by atoms with van der Waals surface area (Å²) >= 11 is 0. The third-order valence-electron chi connectivity index (χ3n) is 9.70. The summed E-state index contributed by atoms with van der Waals surface area (Å²) in [7, 11) is -14.8. The molecule has 0 spiro atoms. The number of hydrogen-bond donors (Lipinski definition) is 4. The summed E-state index contributed by atoms with van der Waals surface area (Å²) in [5.41, 5.74) is 1.24. The van der Waals surface area contributed by atoms with Crippen molar-refractivity contribution in [1.29, 1.82) is 0 Å². The van der Waals surface area contributed by atoms with E-state index in [0.717, 1.165) is 24.3 Å². The number of fused-ring (bicyclic) bond motifs is 2. The number of anilines is 2. The van der Waals surface area contributed by atoms with Gasteiger partial charge in [0, 0.05) is 28.2 Å². The molecule has 0 saturated heterocycles. The van der Waals surface area contributed by atoms with Gasteiger partial charge in [-0.1, -0.05) is 17.5 Å². The van der Waals surface area contributed by atoms with Crippen LogP contribution in [0.1, 0.15) is 0 Å². The van der Waals surface area contributed by atoms with Gasteiger partial charge in [-0.3, -0.25) is 0 Å². The van der Waals surface area contributed by atoms with E-state index in [-0.39, 0.29) is 229 Å². The van der Waals surface area contributed by atoms with Crippen molar-refractivity contribution in [2.24, 2.45) is 40.9 Å². The van der Waals surface area contributed by atoms with Gasteiger partial charge in [0.1, 0.15) is 41.7 Å². The predicted molar refractivity (Wildman–Crippen MR) is 246 cm³/mol. The molecule has 0 radical (unpaired) electrons. The van der Waals surface area contributed by atoms with Crippen LogP contribution in [0, 0.1) is 18.2 Å². The fourth-order valence-corrected chi connectivity index (χ4v) is 8.11. The summed E-state index contributed by atoms with van der Waals surface area (Å²) in [4.78, 5) is -1.94. The van der Waals surface area contributed by atoms with Crippen molar-refractivity contribution in [3.63, 3.8) is 0 Å². The van der Waals surface area contributed by atoms with Gasteiger partial charge in [0.25, 0.3) is 0 Å². The Hall–Kier alpha value is -2.39. The van der Waals surface area contributed by atoms with Crippen LogP contribution in [0.5, 0.6) is 11.5 Å². The van der Waals surface area contributed by atoms with Crippen LogP contribution in [-0.4, -0.2) is 55.8 Å². The zero-order valence-corrected chi connectivity index (χ0v) is 55.2. The van der Waals surface area contributed by atoms with E-state index in [4.69, 9.17) is 0 Å². The fourth-order valence-electron chi connectivity index (χ4n) is 6.37. The quantitative estimate of drug-likeness (QED) is 0.0244. The Balaban J connectivity index is 0.00000321. The summed E-state index contributed by atoms with van der Waals surface area (Å²) in [5, 5.41) is 61.2. The summed E-state index contributed by atoms with van der Waals surface area (Å²) in [6.45, 7) is 0.124. The van der Waals surface area contributed by atoms with Crippen molar-refractivity contribution in [1.82, 2.24) is 0 Å². The first-order valence-electron chi connectivity index (χ1n) is 19.6. The van der Waals surface area contributed by atoms with Crippen LogP contribution in [0.4, 0.5) is 56.9 Å². The van der Waals surface area contributed by atoms with E-state index < -0.39 is 56.5 Å². The van der Waals surface area contributed by atoms with E-state index in [9.17, 15) is 49.1 Å². The first-order chi connectivity index (χ1) is 32.9. The fraction of sp³-hybridized carbons (Fsp3) is 0.0222. The number of hydrogen-bond acceptors (Lipinski definition) is 21. The minimum Gasteiger partial charge on any atom is -0.744 e. The van der Waals surface area contributed by atoms with Crippen molar-refractivity contribution in [3.05, 3.63) is 152 Å². The second-order valence-corrected chi connectivity index (χ2v) is 18.4. The molecule has 30 heteroatoms. The second kappa shape index (κ2) is 30.3. The Morgan fingerprint density at radius 1 is 0.467 bits per heavy atom. The number of benzene rings is 8. The summed E-state index contributed by atoms with van der Waals surface area (Å²) < 4.78 is 107. The average molecular weight is 1120 g/mol. The van der Waals surface area contributed by atoms with Crippen molar-refractivity contribution in [3.8, 4) is 11.5 Å². The molecule has 0 saturated carbocycles. The van der Waals surface area contributed by atoms with Crippen LogP contribution in [0.25, 0.3) is 21.5 Å². The molecule has 0 aliphatic carbocycles. The SMILES string of the molecule is O=S(=O)([O-])c1ccc(N=Nc2c[c-]c(N=Nc3c(S(=O)(=O)[O-])cc4cc(NCNc5ccc6c(O)c(N=Nc7ccc(N=Nc8cc[c-]cc8)cc7S(=O)(=O)[O-])[c-]cc6c5)ccc4c3O)cc2)cc1.[Na+].[Na+].[Na+].[Na+].[Na+].[Na+]. The molecule has 8 rings (SSSR count). The third kappa shape index (κ3) is 18.3. The molecule has 8 aromatic rings. The van der Waals surface area contributed by atoms with Crippen molar-refractivity contribution in [2.75, 3.05) is 17.3 Å². The van der Waals surface area contributed by atoms with Crippen LogP contribution in [0.2, 0.25) is 0 Å². The predicted octanol–water partition coefficient (Wildman–Crippen LogP) is -7.32. The Morgan fingerprint density at radius 3 is 1.60 bits per heavy atom. The zero-order valence-electron chi connectivity index (χ0n) is 40.8. The number of nitrogens with zero attached hydrogens (tertiary/aromatic N) is 8. The molecule has 0 amide bonds. The summed E-state index contributed by atoms with van der Waals surface area (Å²) in [6.07, 6.45) is 0. The largest absolute Gasteiger partial charge is 1.00 e. The number of azo groups is 4. The van der Waals surface area contributed by atoms with Crippen LogP contribution in [-0.2, 0) is 30.4 Å². The number of aromatic hydroxyl groups is 2. The van der Waals surface area contributed by atoms with E-state index in [2.05, 4.69) is 69.7 Å². The minimum atomic E-state index is -5.18. The summed E-state index contributed by atoms with van der Waals surface area (Å²) in [6, 6.07) is 39.7. The molecule has 0 heterocycles. The zero-order chi connectivity index (χ0) is 48.9. The maximum absolute atomic E-state index is 12.4. The Kier molecular flexibility index (Phi) is 27.7. The van der Waals surface area contributed by atoms with Gasteiger partial charge in [-0.15, -0.1) is 40.8 Å². The first kappa shape index (κ1) is 68.7. The Labute approximate surface area is 562 Å². The molecule has 4 N–H and O–H groups in total. The molecular formula is C45H28N10Na6O11S3. The van der Waals surface area contributed by atoms with E-state index in [1.54, 1.807) is 48.5 Å². The molecule has 348 valence electrons. The molecule has 0 aliphatic rings. The van der Waals surface area contributed by atoms with Crippen molar-refractivity contribution >= 4 is 109 Å². The maximum atomic E-state index is 12.4. The molecule has 8 aromatic carbocycles. The maximum Gasteiger partial charge on any atom is 1.00 e. The van der Waals surface area contributed by atoms with Gasteiger partial charge in [-0.05, 0) is 95.2 Å². The molecule has 21 nitrogen and oxygen atoms in total. The monoisotopic (exact) mass is 1120 g/mol. The number of nitrogens with one attached hydrogen (secondary N) is 2. The van der Waals surface area contributed by atoms with E-state index >= 15 is 0 Å². The van der Waals surface area contributed by atoms with Gasteiger partial charge >= 0.3 is 177 Å². The van der Waals surface area contributed by atoms with Crippen molar-refractivity contribution in [2.45, 2.75) is 14.7 Å². The van der Waals surface area contributed by atoms with Crippen LogP contribution in [0.3, 0.4) is 0 Å². The first-order valence-corrected chi connectivity index (χ1v) is 23.8. The number of phenolic OH excluding ortho intramolecular Hbond substituents is 2. The summed E-state index contributed by atoms with van der Waals surface area (Å²) in [5.74, 6) is -0.935. The average Bonchev–Trinajstić information content (AvgIpc) is 3.32. The van der Waals surface area contributed by atoms with Gasteiger partial charge in [0.05, 0.1) is 32.7 Å². The molecule has 0 aliphatic heterocycles. The van der Waals surface area contributed by atoms with Gasteiger partial charge in [-0.2, -0.15) is 67.1 Å². The topological polar surface area (TPSA) is 335 Å². The van der Waals surface area contributed by atoms with Gasteiger partial charge < -0.3 is 34.5 Å². The van der Waals surface area contributed by atoms with E-state index in [1.807, 2.05) is 0 Å². The molecule has 0 bridgehead atoms. The number of rotatable bonds is 15. The molecule has 0 unspecified atom stereocenters. The van der Waals surface area contributed by atoms with Crippen LogP contribution in [0.15, 0.2) is 189 Å². The normalized spacial score (nSPS) is 11.6. The molecule has 0 aromatic heterocycles. The second-order valence-electron chi connectivity index (χ2n) is 14.3. The third-order valence-corrected chi connectivity index (χ3v) is 12.3. The minimum absolute atomic E-state index is 0. The molecular weight excluding hydrogens is 1090 g/mol. The standard InChI is InChI=1S/C45H31N10O11S3.6Na/c56-44-37-18-13-33(22-27(37)6-20-40(44)54-53-39-21-15-35(25-41(39)68(61,62)63)52-48-29-4-2-1-3-5-29)46-26-47-34-14-19-38-28(23-34)24-42(69(64,65)66)43(45(38)57)55-51-31-9-7-30(8-10-31)49-50-32-11-16-36(17-12-32)67(58,59)60;;;;;;/h2-9,11-19,21-25,46-47,56-57H,26H2,(H,58,59,60)(H,61,62,63)(H,64,65,66);;;;;;/q-3;6*+1/p-3. The molecule has 0 fully saturated rings. The Morgan fingerprint density at radius 2 is 1.01 bits per heavy atom. The molecule has 0 atom stereocenters. The Bertz CT molecular complexity index is 3780. The number of phenols is 2.